The standard InChI is InChI=1S/C17H22N2O5/c20-14(19-24)11-17(8-4-5-9-17)16(23)18-13(15(21)22)10-12-6-2-1-3-7-12/h1-3,6-7,13,24H,4-5,8-11H2,(H,18,23)(H,19,20)(H,21,22)/t13-/m0/s1. The molecule has 2 rings (SSSR count). The van der Waals surface area contributed by atoms with Gasteiger partial charge in [0.1, 0.15) is 6.04 Å². The molecule has 0 heterocycles. The number of aliphatic carboxylic acids is 1. The van der Waals surface area contributed by atoms with E-state index in [9.17, 15) is 19.5 Å². The molecule has 0 spiro atoms. The van der Waals surface area contributed by atoms with Gasteiger partial charge in [0, 0.05) is 12.8 Å². The maximum Gasteiger partial charge on any atom is 0.326 e. The highest BCUT2D eigenvalue weighted by Gasteiger charge is 2.44. The van der Waals surface area contributed by atoms with Crippen LogP contribution in [0.3, 0.4) is 0 Å². The number of carbonyl (C=O) groups is 3. The van der Waals surface area contributed by atoms with Crippen LogP contribution in [0.2, 0.25) is 0 Å². The molecule has 1 fully saturated rings. The van der Waals surface area contributed by atoms with Gasteiger partial charge in [-0.05, 0) is 18.4 Å². The first kappa shape index (κ1) is 17.9. The van der Waals surface area contributed by atoms with E-state index in [2.05, 4.69) is 5.32 Å². The third-order valence-electron chi connectivity index (χ3n) is 4.55. The highest BCUT2D eigenvalue weighted by Crippen LogP contribution is 2.41. The van der Waals surface area contributed by atoms with Crippen molar-refractivity contribution in [2.75, 3.05) is 0 Å². The van der Waals surface area contributed by atoms with E-state index in [0.29, 0.717) is 12.8 Å². The first-order valence-corrected chi connectivity index (χ1v) is 7.97. The molecular formula is C17H22N2O5. The Morgan fingerprint density at radius 3 is 2.29 bits per heavy atom. The van der Waals surface area contributed by atoms with Crippen molar-refractivity contribution in [3.8, 4) is 0 Å². The monoisotopic (exact) mass is 334 g/mol. The summed E-state index contributed by atoms with van der Waals surface area (Å²) in [4.78, 5) is 35.7. The van der Waals surface area contributed by atoms with Crippen molar-refractivity contribution in [3.63, 3.8) is 0 Å². The minimum Gasteiger partial charge on any atom is -0.480 e. The number of nitrogens with one attached hydrogen (secondary N) is 2. The molecule has 1 aromatic rings. The summed E-state index contributed by atoms with van der Waals surface area (Å²) < 4.78 is 0. The van der Waals surface area contributed by atoms with Gasteiger partial charge in [0.05, 0.1) is 5.41 Å². The van der Waals surface area contributed by atoms with Gasteiger partial charge in [-0.15, -0.1) is 0 Å². The summed E-state index contributed by atoms with van der Waals surface area (Å²) in [7, 11) is 0. The van der Waals surface area contributed by atoms with Gasteiger partial charge >= 0.3 is 5.97 Å². The molecule has 0 aromatic heterocycles. The van der Waals surface area contributed by atoms with E-state index in [-0.39, 0.29) is 12.8 Å². The van der Waals surface area contributed by atoms with Crippen molar-refractivity contribution in [3.05, 3.63) is 35.9 Å². The number of amides is 2. The lowest BCUT2D eigenvalue weighted by molar-refractivity contribution is -0.145. The fraction of sp³-hybridized carbons (Fsp3) is 0.471. The SMILES string of the molecule is O=C(CC1(C(=O)N[C@@H](Cc2ccccc2)C(=O)O)CCCC1)NO. The van der Waals surface area contributed by atoms with Crippen molar-refractivity contribution in [1.29, 1.82) is 0 Å². The van der Waals surface area contributed by atoms with Crippen LogP contribution in [0, 0.1) is 5.41 Å². The zero-order valence-electron chi connectivity index (χ0n) is 13.3. The molecule has 0 saturated heterocycles. The van der Waals surface area contributed by atoms with E-state index < -0.39 is 29.2 Å². The molecule has 2 amide bonds. The molecule has 0 unspecified atom stereocenters. The molecule has 1 atom stereocenters. The summed E-state index contributed by atoms with van der Waals surface area (Å²) in [5.41, 5.74) is 1.41. The molecule has 1 aromatic carbocycles. The average molecular weight is 334 g/mol. The summed E-state index contributed by atoms with van der Waals surface area (Å²) in [6, 6.07) is 7.98. The maximum absolute atomic E-state index is 12.7. The van der Waals surface area contributed by atoms with Crippen molar-refractivity contribution >= 4 is 17.8 Å². The second-order valence-corrected chi connectivity index (χ2v) is 6.25. The van der Waals surface area contributed by atoms with Gasteiger partial charge < -0.3 is 10.4 Å². The van der Waals surface area contributed by atoms with Crippen LogP contribution in [0.15, 0.2) is 30.3 Å². The molecule has 1 saturated carbocycles. The quantitative estimate of drug-likeness (QED) is 0.442. The number of carboxylic acid groups (broad SMARTS) is 1. The molecule has 7 nitrogen and oxygen atoms in total. The number of hydroxylamine groups is 1. The summed E-state index contributed by atoms with van der Waals surface area (Å²) in [6.07, 6.45) is 2.62. The number of rotatable bonds is 7. The van der Waals surface area contributed by atoms with Gasteiger partial charge in [0.15, 0.2) is 0 Å². The number of carbonyl (C=O) groups excluding carboxylic acids is 2. The minimum absolute atomic E-state index is 0.146. The molecule has 7 heteroatoms. The van der Waals surface area contributed by atoms with Crippen LogP contribution in [-0.2, 0) is 20.8 Å². The van der Waals surface area contributed by atoms with Crippen LogP contribution in [0.5, 0.6) is 0 Å². The Hall–Kier alpha value is -2.41. The molecule has 1 aliphatic carbocycles. The fourth-order valence-corrected chi connectivity index (χ4v) is 3.24. The van der Waals surface area contributed by atoms with Gasteiger partial charge in [0.25, 0.3) is 0 Å². The first-order chi connectivity index (χ1) is 11.5. The maximum atomic E-state index is 12.7. The lowest BCUT2D eigenvalue weighted by atomic mass is 9.81. The highest BCUT2D eigenvalue weighted by atomic mass is 16.5. The van der Waals surface area contributed by atoms with E-state index in [1.165, 1.54) is 0 Å². The third kappa shape index (κ3) is 4.32. The topological polar surface area (TPSA) is 116 Å². The second-order valence-electron chi connectivity index (χ2n) is 6.25. The van der Waals surface area contributed by atoms with E-state index in [4.69, 9.17) is 5.21 Å². The smallest absolute Gasteiger partial charge is 0.326 e. The van der Waals surface area contributed by atoms with Gasteiger partial charge in [0.2, 0.25) is 11.8 Å². The highest BCUT2D eigenvalue weighted by molar-refractivity contribution is 5.91. The Morgan fingerprint density at radius 1 is 1.12 bits per heavy atom. The van der Waals surface area contributed by atoms with Crippen LogP contribution in [0.1, 0.15) is 37.7 Å². The predicted molar refractivity (Wildman–Crippen MR) is 85.2 cm³/mol. The normalized spacial score (nSPS) is 17.0. The largest absolute Gasteiger partial charge is 0.480 e. The minimum atomic E-state index is -1.12. The van der Waals surface area contributed by atoms with E-state index >= 15 is 0 Å². The molecule has 0 aliphatic heterocycles. The van der Waals surface area contributed by atoms with Gasteiger partial charge in [-0.1, -0.05) is 43.2 Å². The molecule has 130 valence electrons. The van der Waals surface area contributed by atoms with Crippen LogP contribution in [-0.4, -0.2) is 34.1 Å². The lowest BCUT2D eigenvalue weighted by Gasteiger charge is -2.28. The molecular weight excluding hydrogens is 312 g/mol. The van der Waals surface area contributed by atoms with Gasteiger partial charge in [-0.3, -0.25) is 14.8 Å². The van der Waals surface area contributed by atoms with Crippen molar-refractivity contribution in [2.24, 2.45) is 5.41 Å². The van der Waals surface area contributed by atoms with Crippen LogP contribution >= 0.6 is 0 Å². The Balaban J connectivity index is 2.10. The molecule has 0 bridgehead atoms. The summed E-state index contributed by atoms with van der Waals surface area (Å²) in [6.45, 7) is 0. The zero-order valence-corrected chi connectivity index (χ0v) is 13.3. The third-order valence-corrected chi connectivity index (χ3v) is 4.55. The van der Waals surface area contributed by atoms with Gasteiger partial charge in [-0.25, -0.2) is 10.3 Å². The van der Waals surface area contributed by atoms with Gasteiger partial charge in [-0.2, -0.15) is 0 Å². The first-order valence-electron chi connectivity index (χ1n) is 7.97. The Bertz CT molecular complexity index is 596. The number of carboxylic acids is 1. The summed E-state index contributed by atoms with van der Waals surface area (Å²) in [5.74, 6) is -2.19. The fourth-order valence-electron chi connectivity index (χ4n) is 3.24. The summed E-state index contributed by atoms with van der Waals surface area (Å²) >= 11 is 0. The van der Waals surface area contributed by atoms with Crippen molar-refractivity contribution in [2.45, 2.75) is 44.6 Å². The van der Waals surface area contributed by atoms with Crippen LogP contribution in [0.25, 0.3) is 0 Å². The molecule has 24 heavy (non-hydrogen) atoms. The zero-order chi connectivity index (χ0) is 17.6. The second kappa shape index (κ2) is 7.92. The van der Waals surface area contributed by atoms with Crippen molar-refractivity contribution in [1.82, 2.24) is 10.8 Å². The van der Waals surface area contributed by atoms with Crippen molar-refractivity contribution < 1.29 is 24.7 Å². The Labute approximate surface area is 140 Å². The number of hydrogen-bond acceptors (Lipinski definition) is 4. The molecule has 1 aliphatic rings. The summed E-state index contributed by atoms with van der Waals surface area (Å²) in [5, 5.41) is 20.7. The number of benzene rings is 1. The molecule has 4 N–H and O–H groups in total. The Kier molecular flexibility index (Phi) is 5.92. The molecule has 0 radical (unpaired) electrons. The number of hydrogen-bond donors (Lipinski definition) is 4. The van der Waals surface area contributed by atoms with E-state index in [1.807, 2.05) is 6.07 Å². The van der Waals surface area contributed by atoms with Crippen LogP contribution in [0.4, 0.5) is 0 Å². The predicted octanol–water partition coefficient (Wildman–Crippen LogP) is 1.25. The average Bonchev–Trinajstić information content (AvgIpc) is 3.04. The van der Waals surface area contributed by atoms with Crippen LogP contribution < -0.4 is 10.8 Å². The van der Waals surface area contributed by atoms with E-state index in [0.717, 1.165) is 18.4 Å². The van der Waals surface area contributed by atoms with E-state index in [1.54, 1.807) is 29.7 Å². The Morgan fingerprint density at radius 2 is 1.75 bits per heavy atom. The lowest BCUT2D eigenvalue weighted by Crippen LogP contribution is -2.50.